The van der Waals surface area contributed by atoms with E-state index in [0.717, 1.165) is 5.02 Å². The summed E-state index contributed by atoms with van der Waals surface area (Å²) in [6, 6.07) is 9.44. The molecule has 12 heavy (non-hydrogen) atoms. The van der Waals surface area contributed by atoms with Crippen LogP contribution in [0.4, 0.5) is 0 Å². The van der Waals surface area contributed by atoms with E-state index < -0.39 is 4.33 Å². The first-order valence-electron chi connectivity index (χ1n) is 3.48. The molecule has 0 spiro atoms. The van der Waals surface area contributed by atoms with Gasteiger partial charge in [0.1, 0.15) is 4.33 Å². The van der Waals surface area contributed by atoms with Crippen molar-refractivity contribution < 1.29 is 0 Å². The minimum atomic E-state index is -0.556. The maximum atomic E-state index is 5.54. The van der Waals surface area contributed by atoms with E-state index in [0.29, 0.717) is 0 Å². The third kappa shape index (κ3) is 12.7. The molecule has 0 aliphatic heterocycles. The average Bonchev–Trinajstić information content (AvgIpc) is 1.85. The molecule has 3 heteroatoms. The molecule has 0 fully saturated rings. The molecule has 0 saturated carbocycles. The van der Waals surface area contributed by atoms with E-state index >= 15 is 0 Å². The van der Waals surface area contributed by atoms with Gasteiger partial charge in [0.05, 0.1) is 0 Å². The highest BCUT2D eigenvalue weighted by Crippen LogP contribution is 2.16. The van der Waals surface area contributed by atoms with E-state index in [-0.39, 0.29) is 0 Å². The Morgan fingerprint density at radius 3 is 1.50 bits per heavy atom. The second kappa shape index (κ2) is 5.69. The van der Waals surface area contributed by atoms with Gasteiger partial charge < -0.3 is 0 Å². The summed E-state index contributed by atoms with van der Waals surface area (Å²) in [5.41, 5.74) is 0. The Labute approximate surface area is 88.4 Å². The number of halogens is 3. The van der Waals surface area contributed by atoms with Gasteiger partial charge in [0, 0.05) is 5.02 Å². The van der Waals surface area contributed by atoms with Crippen molar-refractivity contribution in [3.05, 3.63) is 35.4 Å². The largest absolute Gasteiger partial charge is 0.112 e. The summed E-state index contributed by atoms with van der Waals surface area (Å²) in [7, 11) is 0. The number of hydrogen-bond donors (Lipinski definition) is 0. The topological polar surface area (TPSA) is 0 Å². The highest BCUT2D eigenvalue weighted by molar-refractivity contribution is 6.47. The third-order valence-electron chi connectivity index (χ3n) is 0.733. The van der Waals surface area contributed by atoms with E-state index in [1.54, 1.807) is 13.8 Å². The smallest absolute Gasteiger partial charge is 0.102 e. The fourth-order valence-electron chi connectivity index (χ4n) is 0.415. The molecule has 0 bridgehead atoms. The van der Waals surface area contributed by atoms with E-state index in [2.05, 4.69) is 0 Å². The molecular formula is C9H11Cl3. The number of rotatable bonds is 0. The second-order valence-corrected chi connectivity index (χ2v) is 5.14. The Morgan fingerprint density at radius 2 is 1.33 bits per heavy atom. The molecular weight excluding hydrogens is 214 g/mol. The van der Waals surface area contributed by atoms with Crippen LogP contribution in [-0.2, 0) is 0 Å². The standard InChI is InChI=1S/C6H5Cl.C3H6Cl2/c7-6-4-2-1-3-5-6;1-3(2,4)5/h1-5H;1-2H3. The van der Waals surface area contributed by atoms with Crippen LogP contribution in [0.2, 0.25) is 5.02 Å². The maximum absolute atomic E-state index is 5.54. The first kappa shape index (κ1) is 12.1. The Morgan fingerprint density at radius 1 is 1.00 bits per heavy atom. The molecule has 0 aromatic heterocycles. The predicted octanol–water partition coefficient (Wildman–Crippen LogP) is 4.54. The minimum Gasteiger partial charge on any atom is -0.102 e. The molecule has 1 aromatic carbocycles. The summed E-state index contributed by atoms with van der Waals surface area (Å²) in [5, 5.41) is 0.794. The summed E-state index contributed by atoms with van der Waals surface area (Å²) in [5.74, 6) is 0. The fraction of sp³-hybridized carbons (Fsp3) is 0.333. The van der Waals surface area contributed by atoms with Crippen molar-refractivity contribution in [3.63, 3.8) is 0 Å². The molecule has 68 valence electrons. The highest BCUT2D eigenvalue weighted by atomic mass is 35.5. The quantitative estimate of drug-likeness (QED) is 0.569. The Hall–Kier alpha value is 0.0900. The van der Waals surface area contributed by atoms with Crippen molar-refractivity contribution in [1.29, 1.82) is 0 Å². The van der Waals surface area contributed by atoms with Crippen LogP contribution >= 0.6 is 34.8 Å². The lowest BCUT2D eigenvalue weighted by Crippen LogP contribution is -1.93. The van der Waals surface area contributed by atoms with Gasteiger partial charge in [-0.15, -0.1) is 23.2 Å². The van der Waals surface area contributed by atoms with Crippen LogP contribution in [0.3, 0.4) is 0 Å². The Bertz CT molecular complexity index is 195. The molecule has 0 aliphatic rings. The van der Waals surface area contributed by atoms with Crippen LogP contribution in [0.25, 0.3) is 0 Å². The predicted molar refractivity (Wildman–Crippen MR) is 57.2 cm³/mol. The first-order chi connectivity index (χ1) is 5.39. The zero-order valence-electron chi connectivity index (χ0n) is 7.02. The van der Waals surface area contributed by atoms with Gasteiger partial charge in [-0.05, 0) is 26.0 Å². The van der Waals surface area contributed by atoms with Gasteiger partial charge in [0.2, 0.25) is 0 Å². The molecule has 0 atom stereocenters. The summed E-state index contributed by atoms with van der Waals surface area (Å²) in [6.45, 7) is 3.44. The molecule has 0 radical (unpaired) electrons. The summed E-state index contributed by atoms with van der Waals surface area (Å²) >= 11 is 16.1. The summed E-state index contributed by atoms with van der Waals surface area (Å²) in [4.78, 5) is 0. The molecule has 0 N–H and O–H groups in total. The highest BCUT2D eigenvalue weighted by Gasteiger charge is 2.03. The van der Waals surface area contributed by atoms with Crippen molar-refractivity contribution in [2.45, 2.75) is 18.2 Å². The van der Waals surface area contributed by atoms with Crippen molar-refractivity contribution in [3.8, 4) is 0 Å². The molecule has 1 aromatic rings. The second-order valence-electron chi connectivity index (χ2n) is 2.62. The van der Waals surface area contributed by atoms with Crippen LogP contribution in [0.15, 0.2) is 30.3 Å². The lowest BCUT2D eigenvalue weighted by molar-refractivity contribution is 0.995. The van der Waals surface area contributed by atoms with Crippen molar-refractivity contribution >= 4 is 34.8 Å². The van der Waals surface area contributed by atoms with Gasteiger partial charge in [0.15, 0.2) is 0 Å². The van der Waals surface area contributed by atoms with Gasteiger partial charge in [-0.2, -0.15) is 0 Å². The van der Waals surface area contributed by atoms with Crippen LogP contribution < -0.4 is 0 Å². The fourth-order valence-corrected chi connectivity index (χ4v) is 0.560. The zero-order chi connectivity index (χ0) is 9.61. The van der Waals surface area contributed by atoms with Gasteiger partial charge in [-0.3, -0.25) is 0 Å². The van der Waals surface area contributed by atoms with Crippen molar-refractivity contribution in [2.24, 2.45) is 0 Å². The number of hydrogen-bond acceptors (Lipinski definition) is 0. The number of alkyl halides is 2. The summed E-state index contributed by atoms with van der Waals surface area (Å²) in [6.07, 6.45) is 0. The lowest BCUT2D eigenvalue weighted by Gasteiger charge is -1.98. The normalized spacial score (nSPS) is 10.1. The molecule has 0 heterocycles. The van der Waals surface area contributed by atoms with Crippen LogP contribution in [0, 0.1) is 0 Å². The molecule has 1 rings (SSSR count). The maximum Gasteiger partial charge on any atom is 0.112 e. The molecule has 0 saturated heterocycles. The number of benzene rings is 1. The summed E-state index contributed by atoms with van der Waals surface area (Å²) < 4.78 is -0.556. The van der Waals surface area contributed by atoms with Gasteiger partial charge in [-0.1, -0.05) is 29.8 Å². The average molecular weight is 226 g/mol. The first-order valence-corrected chi connectivity index (χ1v) is 4.61. The molecule has 0 nitrogen and oxygen atoms in total. The van der Waals surface area contributed by atoms with Crippen LogP contribution in [0.5, 0.6) is 0 Å². The van der Waals surface area contributed by atoms with Crippen molar-refractivity contribution in [1.82, 2.24) is 0 Å². The lowest BCUT2D eigenvalue weighted by atomic mass is 10.4. The molecule has 0 aliphatic carbocycles. The van der Waals surface area contributed by atoms with Crippen LogP contribution in [0.1, 0.15) is 13.8 Å². The van der Waals surface area contributed by atoms with Gasteiger partial charge >= 0.3 is 0 Å². The third-order valence-corrected chi connectivity index (χ3v) is 0.985. The van der Waals surface area contributed by atoms with E-state index in [4.69, 9.17) is 34.8 Å². The van der Waals surface area contributed by atoms with E-state index in [9.17, 15) is 0 Å². The molecule has 0 unspecified atom stereocenters. The zero-order valence-corrected chi connectivity index (χ0v) is 9.29. The molecule has 0 amide bonds. The monoisotopic (exact) mass is 224 g/mol. The Kier molecular flexibility index (Phi) is 5.73. The SMILES string of the molecule is CC(C)(Cl)Cl.Clc1ccccc1. The van der Waals surface area contributed by atoms with E-state index in [1.165, 1.54) is 0 Å². The van der Waals surface area contributed by atoms with E-state index in [1.807, 2.05) is 30.3 Å². The van der Waals surface area contributed by atoms with Crippen LogP contribution in [-0.4, -0.2) is 4.33 Å². The Balaban J connectivity index is 0.000000217. The van der Waals surface area contributed by atoms with Gasteiger partial charge in [-0.25, -0.2) is 0 Å². The van der Waals surface area contributed by atoms with Crippen molar-refractivity contribution in [2.75, 3.05) is 0 Å². The minimum absolute atomic E-state index is 0.556. The van der Waals surface area contributed by atoms with Gasteiger partial charge in [0.25, 0.3) is 0 Å².